The minimum absolute atomic E-state index is 0.108. The van der Waals surface area contributed by atoms with E-state index in [9.17, 15) is 21.6 Å². The van der Waals surface area contributed by atoms with Crippen molar-refractivity contribution in [3.63, 3.8) is 0 Å². The van der Waals surface area contributed by atoms with E-state index in [0.29, 0.717) is 6.07 Å². The Bertz CT molecular complexity index is 558. The summed E-state index contributed by atoms with van der Waals surface area (Å²) in [6.45, 7) is 1.53. The highest BCUT2D eigenvalue weighted by atomic mass is 32.2. The molecule has 1 aromatic heterocycles. The lowest BCUT2D eigenvalue weighted by atomic mass is 10.2. The quantitative estimate of drug-likeness (QED) is 0.880. The summed E-state index contributed by atoms with van der Waals surface area (Å²) >= 11 is 0. The highest BCUT2D eigenvalue weighted by Crippen LogP contribution is 2.31. The summed E-state index contributed by atoms with van der Waals surface area (Å²) in [5, 5.41) is 2.58. The monoisotopic (exact) mass is 297 g/mol. The third-order valence-corrected chi connectivity index (χ3v) is 3.23. The number of rotatable bonds is 4. The number of nitrogen functional groups attached to an aromatic ring is 1. The van der Waals surface area contributed by atoms with Gasteiger partial charge in [-0.3, -0.25) is 0 Å². The Morgan fingerprint density at radius 2 is 2.00 bits per heavy atom. The topological polar surface area (TPSA) is 85.1 Å². The van der Waals surface area contributed by atoms with E-state index in [-0.39, 0.29) is 17.4 Å². The Labute approximate surface area is 108 Å². The molecule has 0 aromatic carbocycles. The van der Waals surface area contributed by atoms with Crippen LogP contribution in [-0.2, 0) is 16.0 Å². The number of pyridine rings is 1. The third-order valence-electron chi connectivity index (χ3n) is 2.12. The SMILES string of the molecule is CC(CS(C)(=O)=O)Nc1cc(C(F)(F)F)cc(N)n1. The molecule has 0 saturated heterocycles. The van der Waals surface area contributed by atoms with Crippen LogP contribution in [0.15, 0.2) is 12.1 Å². The molecular formula is C10H14F3N3O2S. The van der Waals surface area contributed by atoms with E-state index in [1.54, 1.807) is 0 Å². The molecule has 0 spiro atoms. The molecule has 0 aliphatic carbocycles. The minimum Gasteiger partial charge on any atom is -0.384 e. The Kier molecular flexibility index (Phi) is 4.28. The zero-order chi connectivity index (χ0) is 14.8. The van der Waals surface area contributed by atoms with Gasteiger partial charge in [0.1, 0.15) is 21.5 Å². The normalized spacial score (nSPS) is 14.2. The molecule has 0 radical (unpaired) electrons. The lowest BCUT2D eigenvalue weighted by Crippen LogP contribution is -2.25. The maximum Gasteiger partial charge on any atom is 0.416 e. The zero-order valence-electron chi connectivity index (χ0n) is 10.3. The maximum atomic E-state index is 12.5. The first kappa shape index (κ1) is 15.5. The van der Waals surface area contributed by atoms with Gasteiger partial charge in [-0.25, -0.2) is 13.4 Å². The summed E-state index contributed by atoms with van der Waals surface area (Å²) in [5.41, 5.74) is 4.35. The van der Waals surface area contributed by atoms with Gasteiger partial charge in [-0.05, 0) is 19.1 Å². The van der Waals surface area contributed by atoms with Crippen molar-refractivity contribution >= 4 is 21.5 Å². The number of hydrogen-bond donors (Lipinski definition) is 2. The summed E-state index contributed by atoms with van der Waals surface area (Å²) in [6, 6.07) is 0.923. The molecule has 108 valence electrons. The minimum atomic E-state index is -4.53. The van der Waals surface area contributed by atoms with E-state index < -0.39 is 27.6 Å². The van der Waals surface area contributed by atoms with Crippen molar-refractivity contribution in [3.8, 4) is 0 Å². The van der Waals surface area contributed by atoms with Crippen LogP contribution in [0, 0.1) is 0 Å². The van der Waals surface area contributed by atoms with Gasteiger partial charge < -0.3 is 11.1 Å². The molecule has 1 heterocycles. The summed E-state index contributed by atoms with van der Waals surface area (Å²) < 4.78 is 59.8. The molecule has 0 amide bonds. The van der Waals surface area contributed by atoms with Crippen molar-refractivity contribution in [1.29, 1.82) is 0 Å². The van der Waals surface area contributed by atoms with Crippen LogP contribution < -0.4 is 11.1 Å². The van der Waals surface area contributed by atoms with E-state index in [1.165, 1.54) is 6.92 Å². The van der Waals surface area contributed by atoms with Crippen LogP contribution in [0.1, 0.15) is 12.5 Å². The molecule has 9 heteroatoms. The zero-order valence-corrected chi connectivity index (χ0v) is 11.1. The summed E-state index contributed by atoms with van der Waals surface area (Å²) in [6.07, 6.45) is -3.49. The largest absolute Gasteiger partial charge is 0.416 e. The molecule has 0 bridgehead atoms. The standard InChI is InChI=1S/C10H14F3N3O2S/c1-6(5-19(2,17)18)15-9-4-7(10(11,12)13)3-8(14)16-9/h3-4,6H,5H2,1-2H3,(H3,14,15,16). The van der Waals surface area contributed by atoms with Crippen LogP contribution >= 0.6 is 0 Å². The predicted octanol–water partition coefficient (Wildman–Crippen LogP) is 1.53. The van der Waals surface area contributed by atoms with Crippen molar-refractivity contribution in [1.82, 2.24) is 4.98 Å². The van der Waals surface area contributed by atoms with Crippen LogP contribution in [0.4, 0.5) is 24.8 Å². The number of halogens is 3. The van der Waals surface area contributed by atoms with E-state index >= 15 is 0 Å². The number of nitrogens with two attached hydrogens (primary N) is 1. The van der Waals surface area contributed by atoms with Gasteiger partial charge in [-0.1, -0.05) is 0 Å². The summed E-state index contributed by atoms with van der Waals surface area (Å²) in [7, 11) is -3.24. The Morgan fingerprint density at radius 3 is 2.47 bits per heavy atom. The summed E-state index contributed by atoms with van der Waals surface area (Å²) in [4.78, 5) is 3.69. The molecular weight excluding hydrogens is 283 g/mol. The van der Waals surface area contributed by atoms with Gasteiger partial charge in [-0.2, -0.15) is 13.2 Å². The lowest BCUT2D eigenvalue weighted by molar-refractivity contribution is -0.137. The lowest BCUT2D eigenvalue weighted by Gasteiger charge is -2.15. The number of alkyl halides is 3. The number of aromatic nitrogens is 1. The maximum absolute atomic E-state index is 12.5. The van der Waals surface area contributed by atoms with Crippen molar-refractivity contribution in [2.45, 2.75) is 19.1 Å². The van der Waals surface area contributed by atoms with Gasteiger partial charge in [0.25, 0.3) is 0 Å². The van der Waals surface area contributed by atoms with Gasteiger partial charge in [0.2, 0.25) is 0 Å². The highest BCUT2D eigenvalue weighted by Gasteiger charge is 2.31. The number of nitrogens with one attached hydrogen (secondary N) is 1. The van der Waals surface area contributed by atoms with Crippen molar-refractivity contribution in [2.24, 2.45) is 0 Å². The van der Waals surface area contributed by atoms with Crippen LogP contribution in [0.2, 0.25) is 0 Å². The van der Waals surface area contributed by atoms with Gasteiger partial charge >= 0.3 is 6.18 Å². The number of nitrogens with zero attached hydrogens (tertiary/aromatic N) is 1. The molecule has 1 unspecified atom stereocenters. The van der Waals surface area contributed by atoms with Gasteiger partial charge in [0, 0.05) is 12.3 Å². The van der Waals surface area contributed by atoms with Crippen LogP contribution in [0.5, 0.6) is 0 Å². The molecule has 0 saturated carbocycles. The molecule has 19 heavy (non-hydrogen) atoms. The Hall–Kier alpha value is -1.51. The number of sulfone groups is 1. The van der Waals surface area contributed by atoms with Crippen molar-refractivity contribution in [3.05, 3.63) is 17.7 Å². The van der Waals surface area contributed by atoms with Crippen LogP contribution in [0.3, 0.4) is 0 Å². The second-order valence-electron chi connectivity index (χ2n) is 4.30. The molecule has 1 rings (SSSR count). The number of hydrogen-bond acceptors (Lipinski definition) is 5. The van der Waals surface area contributed by atoms with Crippen LogP contribution in [0.25, 0.3) is 0 Å². The molecule has 0 fully saturated rings. The fourth-order valence-corrected chi connectivity index (χ4v) is 2.53. The molecule has 3 N–H and O–H groups in total. The average Bonchev–Trinajstić information content (AvgIpc) is 2.11. The molecule has 1 aromatic rings. The van der Waals surface area contributed by atoms with E-state index in [0.717, 1.165) is 12.3 Å². The highest BCUT2D eigenvalue weighted by molar-refractivity contribution is 7.90. The van der Waals surface area contributed by atoms with Gasteiger partial charge in [-0.15, -0.1) is 0 Å². The van der Waals surface area contributed by atoms with E-state index in [1.807, 2.05) is 0 Å². The smallest absolute Gasteiger partial charge is 0.384 e. The Morgan fingerprint density at radius 1 is 1.42 bits per heavy atom. The molecule has 1 atom stereocenters. The first-order chi connectivity index (χ1) is 8.47. The van der Waals surface area contributed by atoms with Crippen molar-refractivity contribution in [2.75, 3.05) is 23.1 Å². The van der Waals surface area contributed by atoms with Crippen molar-refractivity contribution < 1.29 is 21.6 Å². The fraction of sp³-hybridized carbons (Fsp3) is 0.500. The Balaban J connectivity index is 2.93. The molecule has 0 aliphatic rings. The molecule has 0 aliphatic heterocycles. The molecule has 5 nitrogen and oxygen atoms in total. The third kappa shape index (κ3) is 5.33. The average molecular weight is 297 g/mol. The first-order valence-corrected chi connectivity index (χ1v) is 7.32. The summed E-state index contributed by atoms with van der Waals surface area (Å²) in [5.74, 6) is -0.613. The van der Waals surface area contributed by atoms with E-state index in [4.69, 9.17) is 5.73 Å². The fourth-order valence-electron chi connectivity index (χ4n) is 1.54. The van der Waals surface area contributed by atoms with Gasteiger partial charge in [0.05, 0.1) is 11.3 Å². The second kappa shape index (κ2) is 5.24. The van der Waals surface area contributed by atoms with Crippen LogP contribution in [-0.4, -0.2) is 31.5 Å². The number of anilines is 2. The van der Waals surface area contributed by atoms with E-state index in [2.05, 4.69) is 10.3 Å². The second-order valence-corrected chi connectivity index (χ2v) is 6.49. The van der Waals surface area contributed by atoms with Gasteiger partial charge in [0.15, 0.2) is 0 Å². The first-order valence-electron chi connectivity index (χ1n) is 5.26. The predicted molar refractivity (Wildman–Crippen MR) is 66.4 cm³/mol.